The number of aryl methyl sites for hydroxylation is 2. The van der Waals surface area contributed by atoms with Crippen LogP contribution in [0.4, 0.5) is 8.63 Å². The number of hydrogen-bond donors (Lipinski definition) is 0. The Morgan fingerprint density at radius 3 is 2.27 bits per heavy atom. The van der Waals surface area contributed by atoms with Crippen LogP contribution < -0.4 is 0 Å². The predicted molar refractivity (Wildman–Crippen MR) is 124 cm³/mol. The van der Waals surface area contributed by atoms with Crippen molar-refractivity contribution in [3.63, 3.8) is 0 Å². The molecule has 0 amide bonds. The first kappa shape index (κ1) is 20.3. The Kier molecular flexibility index (Phi) is 5.23. The summed E-state index contributed by atoms with van der Waals surface area (Å²) in [5.41, 5.74) is 8.06. The molecule has 1 aliphatic rings. The smallest absolute Gasteiger partial charge is 0.324 e. The number of halogens is 2. The van der Waals surface area contributed by atoms with E-state index in [1.807, 2.05) is 76.2 Å². The van der Waals surface area contributed by atoms with Crippen molar-refractivity contribution in [2.24, 2.45) is 4.99 Å². The molecule has 0 bridgehead atoms. The summed E-state index contributed by atoms with van der Waals surface area (Å²) in [4.78, 5) is 4.68. The minimum Gasteiger partial charge on any atom is -0.324 e. The molecule has 0 saturated carbocycles. The SMILES string of the molecule is CCC1=C(C)/C(=C/c2c3ccccc3c(-c3ccc(C)c(C)c3)n2B(F)F)N=C1C. The number of hydrogen-bond acceptors (Lipinski definition) is 1. The van der Waals surface area contributed by atoms with Crippen LogP contribution in [0, 0.1) is 13.8 Å². The van der Waals surface area contributed by atoms with Gasteiger partial charge in [0, 0.05) is 27.9 Å². The van der Waals surface area contributed by atoms with Crippen LogP contribution in [0.25, 0.3) is 28.1 Å². The zero-order chi connectivity index (χ0) is 21.6. The minimum atomic E-state index is -2.66. The molecule has 152 valence electrons. The molecule has 1 aromatic heterocycles. The average molecular weight is 402 g/mol. The van der Waals surface area contributed by atoms with Crippen LogP contribution in [0.2, 0.25) is 0 Å². The Morgan fingerprint density at radius 2 is 1.67 bits per heavy atom. The molecule has 2 heterocycles. The van der Waals surface area contributed by atoms with Crippen molar-refractivity contribution < 1.29 is 8.63 Å². The topological polar surface area (TPSA) is 17.3 Å². The molecule has 2 aromatic carbocycles. The van der Waals surface area contributed by atoms with E-state index in [2.05, 4.69) is 11.9 Å². The van der Waals surface area contributed by atoms with Gasteiger partial charge in [-0.1, -0.05) is 43.3 Å². The molecule has 0 spiro atoms. The number of fused-ring (bicyclic) bond motifs is 1. The Bertz CT molecular complexity index is 1250. The average Bonchev–Trinajstić information content (AvgIpc) is 3.18. The van der Waals surface area contributed by atoms with Gasteiger partial charge in [-0.3, -0.25) is 13.6 Å². The van der Waals surface area contributed by atoms with E-state index in [9.17, 15) is 8.63 Å². The Morgan fingerprint density at radius 1 is 0.967 bits per heavy atom. The molecule has 0 atom stereocenters. The second-order valence-electron chi connectivity index (χ2n) is 7.91. The molecule has 0 unspecified atom stereocenters. The molecule has 0 fully saturated rings. The highest BCUT2D eigenvalue weighted by Gasteiger charge is 2.28. The molecular weight excluding hydrogens is 377 g/mol. The van der Waals surface area contributed by atoms with E-state index in [0.29, 0.717) is 11.4 Å². The molecular formula is C25H25BF2N2. The maximum absolute atomic E-state index is 14.5. The highest BCUT2D eigenvalue weighted by atomic mass is 19.2. The first-order chi connectivity index (χ1) is 14.3. The summed E-state index contributed by atoms with van der Waals surface area (Å²) >= 11 is 0. The summed E-state index contributed by atoms with van der Waals surface area (Å²) in [5, 5.41) is 1.63. The molecule has 30 heavy (non-hydrogen) atoms. The summed E-state index contributed by atoms with van der Waals surface area (Å²) in [7, 11) is -2.66. The number of aliphatic imine (C=N–C) groups is 1. The molecule has 0 N–H and O–H groups in total. The number of rotatable bonds is 4. The number of benzene rings is 2. The lowest BCUT2D eigenvalue weighted by Crippen LogP contribution is -2.16. The van der Waals surface area contributed by atoms with Crippen LogP contribution in [-0.2, 0) is 0 Å². The summed E-state index contributed by atoms with van der Waals surface area (Å²) in [6, 6.07) is 13.5. The Balaban J connectivity index is 2.05. The highest BCUT2D eigenvalue weighted by molar-refractivity contribution is 6.43. The van der Waals surface area contributed by atoms with Crippen LogP contribution in [0.15, 0.2) is 64.3 Å². The number of aromatic nitrogens is 1. The van der Waals surface area contributed by atoms with Crippen molar-refractivity contribution >= 4 is 30.0 Å². The standard InChI is InChI=1S/C25H25BF2N2/c1-6-20-17(4)23(29-18(20)5)14-24-21-9-7-8-10-22(21)25(30(24)26(27)28)19-12-11-15(2)16(3)13-19/h7-14H,6H2,1-5H3/b23-14-. The van der Waals surface area contributed by atoms with Crippen molar-refractivity contribution in [2.45, 2.75) is 41.0 Å². The van der Waals surface area contributed by atoms with E-state index < -0.39 is 7.40 Å². The zero-order valence-corrected chi connectivity index (χ0v) is 18.1. The van der Waals surface area contributed by atoms with E-state index in [1.165, 1.54) is 5.57 Å². The van der Waals surface area contributed by atoms with Gasteiger partial charge in [-0.05, 0) is 74.1 Å². The zero-order valence-electron chi connectivity index (χ0n) is 18.1. The van der Waals surface area contributed by atoms with E-state index in [4.69, 9.17) is 0 Å². The molecule has 2 nitrogen and oxygen atoms in total. The van der Waals surface area contributed by atoms with E-state index in [0.717, 1.165) is 55.3 Å². The van der Waals surface area contributed by atoms with Gasteiger partial charge in [0.2, 0.25) is 0 Å². The van der Waals surface area contributed by atoms with Gasteiger partial charge in [-0.25, -0.2) is 0 Å². The lowest BCUT2D eigenvalue weighted by atomic mass is 10.0. The fourth-order valence-electron chi connectivity index (χ4n) is 4.38. The number of allylic oxidation sites excluding steroid dienone is 2. The van der Waals surface area contributed by atoms with Crippen molar-refractivity contribution in [1.82, 2.24) is 4.48 Å². The lowest BCUT2D eigenvalue weighted by molar-refractivity contribution is 0.631. The summed E-state index contributed by atoms with van der Waals surface area (Å²) in [6.45, 7) is 10.1. The normalized spacial score (nSPS) is 15.4. The van der Waals surface area contributed by atoms with E-state index >= 15 is 0 Å². The van der Waals surface area contributed by atoms with Crippen molar-refractivity contribution in [3.8, 4) is 11.3 Å². The summed E-state index contributed by atoms with van der Waals surface area (Å²) < 4.78 is 30.1. The first-order valence-electron chi connectivity index (χ1n) is 10.3. The highest BCUT2D eigenvalue weighted by Crippen LogP contribution is 2.38. The third-order valence-corrected chi connectivity index (χ3v) is 6.12. The quantitative estimate of drug-likeness (QED) is 0.410. The minimum absolute atomic E-state index is 0.497. The van der Waals surface area contributed by atoms with Crippen molar-refractivity contribution in [3.05, 3.63) is 76.1 Å². The van der Waals surface area contributed by atoms with Crippen LogP contribution in [0.5, 0.6) is 0 Å². The molecule has 0 aliphatic carbocycles. The van der Waals surface area contributed by atoms with Crippen LogP contribution in [0.3, 0.4) is 0 Å². The fraction of sp³-hybridized carbons (Fsp3) is 0.240. The van der Waals surface area contributed by atoms with Crippen molar-refractivity contribution in [2.75, 3.05) is 0 Å². The van der Waals surface area contributed by atoms with E-state index in [1.54, 1.807) is 0 Å². The lowest BCUT2D eigenvalue weighted by Gasteiger charge is -2.11. The Hall–Kier alpha value is -2.95. The second-order valence-corrected chi connectivity index (χ2v) is 7.91. The maximum atomic E-state index is 14.5. The molecule has 4 rings (SSSR count). The molecule has 0 radical (unpaired) electrons. The van der Waals surface area contributed by atoms with Crippen LogP contribution in [-0.4, -0.2) is 17.6 Å². The Labute approximate surface area is 176 Å². The van der Waals surface area contributed by atoms with Gasteiger partial charge in [-0.15, -0.1) is 0 Å². The molecule has 3 aromatic rings. The number of nitrogens with zero attached hydrogens (tertiary/aromatic N) is 2. The fourth-order valence-corrected chi connectivity index (χ4v) is 4.38. The van der Waals surface area contributed by atoms with Gasteiger partial charge in [0.25, 0.3) is 0 Å². The monoisotopic (exact) mass is 402 g/mol. The van der Waals surface area contributed by atoms with Gasteiger partial charge < -0.3 is 4.48 Å². The molecule has 5 heteroatoms. The maximum Gasteiger partial charge on any atom is 0.678 e. The summed E-state index contributed by atoms with van der Waals surface area (Å²) in [6.07, 6.45) is 2.70. The van der Waals surface area contributed by atoms with Gasteiger partial charge in [0.05, 0.1) is 5.70 Å². The second kappa shape index (κ2) is 7.71. The summed E-state index contributed by atoms with van der Waals surface area (Å²) in [5.74, 6) is 0. The van der Waals surface area contributed by atoms with E-state index in [-0.39, 0.29) is 0 Å². The largest absolute Gasteiger partial charge is 0.678 e. The van der Waals surface area contributed by atoms with Crippen LogP contribution >= 0.6 is 0 Å². The van der Waals surface area contributed by atoms with Gasteiger partial charge in [0.1, 0.15) is 0 Å². The van der Waals surface area contributed by atoms with Gasteiger partial charge in [-0.2, -0.15) is 0 Å². The van der Waals surface area contributed by atoms with Crippen LogP contribution in [0.1, 0.15) is 44.0 Å². The molecule has 0 saturated heterocycles. The first-order valence-corrected chi connectivity index (χ1v) is 10.3. The van der Waals surface area contributed by atoms with Crippen molar-refractivity contribution in [1.29, 1.82) is 0 Å². The third kappa shape index (κ3) is 3.22. The van der Waals surface area contributed by atoms with Gasteiger partial charge >= 0.3 is 7.40 Å². The third-order valence-electron chi connectivity index (χ3n) is 6.12. The predicted octanol–water partition coefficient (Wildman–Crippen LogP) is 7.24. The van der Waals surface area contributed by atoms with Gasteiger partial charge in [0.15, 0.2) is 0 Å². The molecule has 1 aliphatic heterocycles.